The second-order valence-electron chi connectivity index (χ2n) is 4.36. The maximum atomic E-state index is 5.33. The molecule has 2 atom stereocenters. The molecule has 0 amide bonds. The maximum absolute atomic E-state index is 5.33. The van der Waals surface area contributed by atoms with E-state index in [1.165, 1.54) is 0 Å². The van der Waals surface area contributed by atoms with Gasteiger partial charge >= 0.3 is 0 Å². The predicted octanol–water partition coefficient (Wildman–Crippen LogP) is 2.71. The number of imidazole rings is 1. The Labute approximate surface area is 108 Å². The van der Waals surface area contributed by atoms with E-state index in [0.717, 1.165) is 11.4 Å². The number of nitrogens with zero attached hydrogens (tertiary/aromatic N) is 2. The summed E-state index contributed by atoms with van der Waals surface area (Å²) in [5.41, 5.74) is 2.16. The van der Waals surface area contributed by atoms with E-state index in [1.807, 2.05) is 22.9 Å². The second-order valence-corrected chi connectivity index (χ2v) is 4.36. The van der Waals surface area contributed by atoms with Crippen molar-refractivity contribution in [1.29, 1.82) is 0 Å². The highest BCUT2D eigenvalue weighted by Gasteiger charge is 2.12. The summed E-state index contributed by atoms with van der Waals surface area (Å²) in [7, 11) is 1.73. The first-order valence-electron chi connectivity index (χ1n) is 6.09. The zero-order valence-corrected chi connectivity index (χ0v) is 11.0. The van der Waals surface area contributed by atoms with E-state index in [2.05, 4.69) is 36.3 Å². The smallest absolute Gasteiger partial charge is 0.0992 e. The molecule has 0 aliphatic heterocycles. The van der Waals surface area contributed by atoms with Gasteiger partial charge in [0.05, 0.1) is 23.8 Å². The second kappa shape index (κ2) is 5.69. The van der Waals surface area contributed by atoms with Crippen LogP contribution in [0.2, 0.25) is 0 Å². The summed E-state index contributed by atoms with van der Waals surface area (Å²) in [4.78, 5) is 4.08. The minimum absolute atomic E-state index is 0.154. The summed E-state index contributed by atoms with van der Waals surface area (Å²) in [6.45, 7) is 4.16. The van der Waals surface area contributed by atoms with E-state index in [4.69, 9.17) is 4.74 Å². The summed E-state index contributed by atoms with van der Waals surface area (Å²) in [6.07, 6.45) is 5.66. The van der Waals surface area contributed by atoms with Crippen LogP contribution >= 0.6 is 0 Å². The quantitative estimate of drug-likeness (QED) is 0.880. The number of anilines is 1. The normalized spacial score (nSPS) is 14.2. The van der Waals surface area contributed by atoms with Crippen LogP contribution in [0.25, 0.3) is 5.69 Å². The molecule has 4 nitrogen and oxygen atoms in total. The molecule has 1 N–H and O–H groups in total. The van der Waals surface area contributed by atoms with E-state index in [0.29, 0.717) is 0 Å². The van der Waals surface area contributed by atoms with E-state index in [-0.39, 0.29) is 12.1 Å². The van der Waals surface area contributed by atoms with E-state index in [1.54, 1.807) is 19.6 Å². The molecule has 0 saturated carbocycles. The zero-order chi connectivity index (χ0) is 13.0. The fourth-order valence-corrected chi connectivity index (χ4v) is 1.79. The van der Waals surface area contributed by atoms with Gasteiger partial charge in [-0.15, -0.1) is 0 Å². The van der Waals surface area contributed by atoms with Crippen LogP contribution in [0, 0.1) is 0 Å². The van der Waals surface area contributed by atoms with Gasteiger partial charge < -0.3 is 14.6 Å². The van der Waals surface area contributed by atoms with Crippen molar-refractivity contribution in [2.45, 2.75) is 26.0 Å². The summed E-state index contributed by atoms with van der Waals surface area (Å²) in [5, 5.41) is 3.48. The molecule has 0 bridgehead atoms. The van der Waals surface area contributed by atoms with Crippen molar-refractivity contribution >= 4 is 5.69 Å². The van der Waals surface area contributed by atoms with Crippen LogP contribution < -0.4 is 5.32 Å². The topological polar surface area (TPSA) is 39.1 Å². The van der Waals surface area contributed by atoms with Crippen molar-refractivity contribution < 1.29 is 4.74 Å². The molecule has 0 spiro atoms. The standard InChI is InChI=1S/C14H19N3O/c1-11(12(2)18-3)16-13-6-4-5-7-14(13)17-9-8-15-10-17/h4-12,16H,1-3H3. The molecule has 4 heteroatoms. The lowest BCUT2D eigenvalue weighted by atomic mass is 10.2. The molecule has 2 rings (SSSR count). The van der Waals surface area contributed by atoms with Gasteiger partial charge in [0.25, 0.3) is 0 Å². The SMILES string of the molecule is COC(C)C(C)Nc1ccccc1-n1ccnc1. The third kappa shape index (κ3) is 2.71. The van der Waals surface area contributed by atoms with Gasteiger partial charge in [-0.05, 0) is 26.0 Å². The van der Waals surface area contributed by atoms with Crippen molar-refractivity contribution in [2.24, 2.45) is 0 Å². The molecular formula is C14H19N3O. The average Bonchev–Trinajstić information content (AvgIpc) is 2.92. The average molecular weight is 245 g/mol. The fraction of sp³-hybridized carbons (Fsp3) is 0.357. The van der Waals surface area contributed by atoms with E-state index < -0.39 is 0 Å². The molecule has 0 aliphatic carbocycles. The number of ether oxygens (including phenoxy) is 1. The van der Waals surface area contributed by atoms with Crippen LogP contribution in [0.1, 0.15) is 13.8 Å². The minimum Gasteiger partial charge on any atom is -0.380 e. The Morgan fingerprint density at radius 3 is 2.72 bits per heavy atom. The number of hydrogen-bond donors (Lipinski definition) is 1. The highest BCUT2D eigenvalue weighted by Crippen LogP contribution is 2.21. The monoisotopic (exact) mass is 245 g/mol. The van der Waals surface area contributed by atoms with Crippen molar-refractivity contribution in [3.63, 3.8) is 0 Å². The maximum Gasteiger partial charge on any atom is 0.0992 e. The molecular weight excluding hydrogens is 226 g/mol. The number of nitrogens with one attached hydrogen (secondary N) is 1. The molecule has 96 valence electrons. The highest BCUT2D eigenvalue weighted by atomic mass is 16.5. The Balaban J connectivity index is 2.23. The van der Waals surface area contributed by atoms with E-state index >= 15 is 0 Å². The number of benzene rings is 1. The zero-order valence-electron chi connectivity index (χ0n) is 11.0. The number of hydrogen-bond acceptors (Lipinski definition) is 3. The lowest BCUT2D eigenvalue weighted by molar-refractivity contribution is 0.106. The van der Waals surface area contributed by atoms with Gasteiger partial charge in [0.2, 0.25) is 0 Å². The number of aromatic nitrogens is 2. The lowest BCUT2D eigenvalue weighted by Crippen LogP contribution is -2.30. The van der Waals surface area contributed by atoms with Crippen LogP contribution in [0.4, 0.5) is 5.69 Å². The lowest BCUT2D eigenvalue weighted by Gasteiger charge is -2.22. The van der Waals surface area contributed by atoms with Crippen molar-refractivity contribution in [3.8, 4) is 5.69 Å². The molecule has 18 heavy (non-hydrogen) atoms. The van der Waals surface area contributed by atoms with Crippen molar-refractivity contribution in [3.05, 3.63) is 43.0 Å². The summed E-state index contributed by atoms with van der Waals surface area (Å²) in [5.74, 6) is 0. The molecule has 0 aliphatic rings. The fourth-order valence-electron chi connectivity index (χ4n) is 1.79. The summed E-state index contributed by atoms with van der Waals surface area (Å²) >= 11 is 0. The van der Waals surface area contributed by atoms with Crippen LogP contribution in [-0.4, -0.2) is 28.8 Å². The summed E-state index contributed by atoms with van der Waals surface area (Å²) < 4.78 is 7.33. The summed E-state index contributed by atoms with van der Waals surface area (Å²) in [6, 6.07) is 8.40. The Bertz CT molecular complexity index is 482. The highest BCUT2D eigenvalue weighted by molar-refractivity contribution is 5.61. The van der Waals surface area contributed by atoms with Gasteiger partial charge in [0.1, 0.15) is 0 Å². The number of para-hydroxylation sites is 2. The van der Waals surface area contributed by atoms with Crippen LogP contribution in [0.15, 0.2) is 43.0 Å². The Morgan fingerprint density at radius 1 is 1.28 bits per heavy atom. The Morgan fingerprint density at radius 2 is 2.06 bits per heavy atom. The van der Waals surface area contributed by atoms with Gasteiger partial charge in [0, 0.05) is 25.5 Å². The molecule has 2 aromatic rings. The van der Waals surface area contributed by atoms with Gasteiger partial charge in [-0.1, -0.05) is 12.1 Å². The number of rotatable bonds is 5. The molecule has 0 fully saturated rings. The Hall–Kier alpha value is -1.81. The van der Waals surface area contributed by atoms with E-state index in [9.17, 15) is 0 Å². The predicted molar refractivity (Wildman–Crippen MR) is 73.1 cm³/mol. The molecule has 0 radical (unpaired) electrons. The Kier molecular flexibility index (Phi) is 3.99. The third-order valence-electron chi connectivity index (χ3n) is 3.15. The molecule has 0 saturated heterocycles. The van der Waals surface area contributed by atoms with Crippen LogP contribution in [0.5, 0.6) is 0 Å². The first kappa shape index (κ1) is 12.6. The molecule has 1 heterocycles. The van der Waals surface area contributed by atoms with Gasteiger partial charge in [0.15, 0.2) is 0 Å². The minimum atomic E-state index is 0.154. The molecule has 1 aromatic carbocycles. The van der Waals surface area contributed by atoms with Crippen LogP contribution in [-0.2, 0) is 4.74 Å². The first-order chi connectivity index (χ1) is 8.72. The van der Waals surface area contributed by atoms with Crippen molar-refractivity contribution in [1.82, 2.24) is 9.55 Å². The molecule has 2 unspecified atom stereocenters. The molecule has 1 aromatic heterocycles. The van der Waals surface area contributed by atoms with Gasteiger partial charge in [-0.25, -0.2) is 4.98 Å². The van der Waals surface area contributed by atoms with Crippen molar-refractivity contribution in [2.75, 3.05) is 12.4 Å². The van der Waals surface area contributed by atoms with Gasteiger partial charge in [-0.2, -0.15) is 0 Å². The van der Waals surface area contributed by atoms with Crippen LogP contribution in [0.3, 0.4) is 0 Å². The van der Waals surface area contributed by atoms with Gasteiger partial charge in [-0.3, -0.25) is 0 Å². The third-order valence-corrected chi connectivity index (χ3v) is 3.15. The number of methoxy groups -OCH3 is 1. The first-order valence-corrected chi connectivity index (χ1v) is 6.09. The largest absolute Gasteiger partial charge is 0.380 e.